The van der Waals surface area contributed by atoms with Crippen molar-refractivity contribution < 1.29 is 22.8 Å². The second-order valence-electron chi connectivity index (χ2n) is 8.40. The van der Waals surface area contributed by atoms with E-state index in [0.717, 1.165) is 5.56 Å². The molecule has 182 valence electrons. The van der Waals surface area contributed by atoms with Gasteiger partial charge in [-0.15, -0.1) is 0 Å². The minimum atomic E-state index is -3.80. The molecule has 1 heterocycles. The summed E-state index contributed by atoms with van der Waals surface area (Å²) < 4.78 is 27.3. The van der Waals surface area contributed by atoms with Crippen molar-refractivity contribution in [2.75, 3.05) is 13.1 Å². The Labute approximate surface area is 200 Å². The molecule has 1 atom stereocenters. The topological polar surface area (TPSA) is 116 Å². The highest BCUT2D eigenvalue weighted by Crippen LogP contribution is 2.24. The summed E-state index contributed by atoms with van der Waals surface area (Å²) in [5.74, 6) is -1.34. The Balaban J connectivity index is 1.78. The van der Waals surface area contributed by atoms with Crippen LogP contribution in [0.2, 0.25) is 0 Å². The summed E-state index contributed by atoms with van der Waals surface area (Å²) in [6.07, 6.45) is 0.917. The number of sulfonamides is 1. The van der Waals surface area contributed by atoms with E-state index in [1.165, 1.54) is 22.5 Å². The van der Waals surface area contributed by atoms with Gasteiger partial charge in [0.25, 0.3) is 11.8 Å². The maximum absolute atomic E-state index is 13.0. The molecule has 0 aliphatic carbocycles. The van der Waals surface area contributed by atoms with Crippen LogP contribution in [0, 0.1) is 6.92 Å². The summed E-state index contributed by atoms with van der Waals surface area (Å²) in [6.45, 7) is 7.31. The molecule has 34 heavy (non-hydrogen) atoms. The summed E-state index contributed by atoms with van der Waals surface area (Å²) >= 11 is 0. The molecule has 0 saturated carbocycles. The van der Waals surface area contributed by atoms with Gasteiger partial charge in [0.2, 0.25) is 10.0 Å². The smallest absolute Gasteiger partial charge is 0.322 e. The lowest BCUT2D eigenvalue weighted by atomic mass is 9.93. The van der Waals surface area contributed by atoms with Gasteiger partial charge in [-0.05, 0) is 49.9 Å². The van der Waals surface area contributed by atoms with Crippen LogP contribution in [-0.2, 0) is 21.2 Å². The van der Waals surface area contributed by atoms with Crippen molar-refractivity contribution in [2.45, 2.75) is 51.0 Å². The van der Waals surface area contributed by atoms with E-state index in [2.05, 4.69) is 10.7 Å². The molecule has 1 aliphatic heterocycles. The number of rotatable bonds is 9. The van der Waals surface area contributed by atoms with Crippen molar-refractivity contribution in [3.8, 4) is 0 Å². The lowest BCUT2D eigenvalue weighted by molar-refractivity contribution is -0.132. The first-order chi connectivity index (χ1) is 16.0. The fourth-order valence-electron chi connectivity index (χ4n) is 3.88. The maximum atomic E-state index is 13.0. The van der Waals surface area contributed by atoms with Crippen LogP contribution in [0.15, 0.2) is 53.4 Å². The normalized spacial score (nSPS) is 18.3. The van der Waals surface area contributed by atoms with Gasteiger partial charge in [-0.2, -0.15) is 9.31 Å². The maximum Gasteiger partial charge on any atom is 0.344 e. The molecule has 2 aromatic rings. The van der Waals surface area contributed by atoms with Gasteiger partial charge in [0, 0.05) is 18.7 Å². The summed E-state index contributed by atoms with van der Waals surface area (Å²) in [5, 5.41) is 3.31. The van der Waals surface area contributed by atoms with Crippen LogP contribution < -0.4 is 10.7 Å². The van der Waals surface area contributed by atoms with E-state index >= 15 is 0 Å². The lowest BCUT2D eigenvalue weighted by Gasteiger charge is -2.22. The van der Waals surface area contributed by atoms with Gasteiger partial charge in [0.1, 0.15) is 5.54 Å². The van der Waals surface area contributed by atoms with E-state index in [9.17, 15) is 22.8 Å². The van der Waals surface area contributed by atoms with Crippen molar-refractivity contribution in [3.05, 3.63) is 65.2 Å². The Bertz CT molecular complexity index is 1200. The molecule has 0 radical (unpaired) electrons. The lowest BCUT2D eigenvalue weighted by Crippen LogP contribution is -2.49. The molecule has 2 N–H and O–H groups in total. The first kappa shape index (κ1) is 25.4. The minimum absolute atomic E-state index is 0.00810. The van der Waals surface area contributed by atoms with Crippen molar-refractivity contribution in [1.29, 1.82) is 0 Å². The molecule has 1 unspecified atom stereocenters. The van der Waals surface area contributed by atoms with Gasteiger partial charge in [-0.25, -0.2) is 13.2 Å². The zero-order valence-electron chi connectivity index (χ0n) is 19.8. The molecule has 0 bridgehead atoms. The van der Waals surface area contributed by atoms with Crippen LogP contribution in [-0.4, -0.2) is 54.2 Å². The number of hydrogen-bond acceptors (Lipinski definition) is 5. The molecule has 1 fully saturated rings. The Morgan fingerprint density at radius 2 is 1.74 bits per heavy atom. The van der Waals surface area contributed by atoms with Gasteiger partial charge >= 0.3 is 6.03 Å². The number of imide groups is 1. The van der Waals surface area contributed by atoms with Crippen molar-refractivity contribution in [1.82, 2.24) is 20.1 Å². The molecule has 2 aromatic carbocycles. The zero-order valence-corrected chi connectivity index (χ0v) is 20.6. The predicted octanol–water partition coefficient (Wildman–Crippen LogP) is 2.61. The van der Waals surface area contributed by atoms with Crippen LogP contribution in [0.25, 0.3) is 0 Å². The highest BCUT2D eigenvalue weighted by atomic mass is 32.2. The molecule has 1 aliphatic rings. The quantitative estimate of drug-likeness (QED) is 0.529. The standard InChI is InChI=1S/C24H30N4O5S/c1-5-27(6-2)34(32,33)20-16-19(13-12-17(20)3)21(29)26-28-22(30)24(4,25-23(28)31)15-14-18-10-8-7-9-11-18/h7-13,16H,5-6,14-15H2,1-4H3,(H,25,31)(H,26,29). The van der Waals surface area contributed by atoms with E-state index < -0.39 is 33.4 Å². The fraction of sp³-hybridized carbons (Fsp3) is 0.375. The second kappa shape index (κ2) is 9.94. The van der Waals surface area contributed by atoms with Crippen LogP contribution in [0.3, 0.4) is 0 Å². The Hall–Kier alpha value is -3.24. The summed E-state index contributed by atoms with van der Waals surface area (Å²) in [6, 6.07) is 13.1. The number of carbonyl (C=O) groups is 3. The molecule has 1 saturated heterocycles. The van der Waals surface area contributed by atoms with Crippen LogP contribution in [0.5, 0.6) is 0 Å². The molecule has 0 spiro atoms. The zero-order chi connectivity index (χ0) is 25.1. The number of nitrogens with zero attached hydrogens (tertiary/aromatic N) is 2. The van der Waals surface area contributed by atoms with Crippen LogP contribution in [0.1, 0.15) is 48.7 Å². The van der Waals surface area contributed by atoms with Gasteiger partial charge in [0.05, 0.1) is 4.90 Å². The van der Waals surface area contributed by atoms with Crippen LogP contribution in [0.4, 0.5) is 4.79 Å². The first-order valence-corrected chi connectivity index (χ1v) is 12.6. The molecule has 4 amide bonds. The molecular formula is C24H30N4O5S. The number of carbonyl (C=O) groups excluding carboxylic acids is 3. The third-order valence-corrected chi connectivity index (χ3v) is 8.20. The predicted molar refractivity (Wildman–Crippen MR) is 127 cm³/mol. The number of hydrogen-bond donors (Lipinski definition) is 2. The minimum Gasteiger partial charge on any atom is -0.322 e. The number of hydrazine groups is 1. The molecule has 9 nitrogen and oxygen atoms in total. The van der Waals surface area contributed by atoms with E-state index in [-0.39, 0.29) is 10.5 Å². The highest BCUT2D eigenvalue weighted by Gasteiger charge is 2.48. The van der Waals surface area contributed by atoms with Gasteiger partial charge in [-0.3, -0.25) is 15.0 Å². The molecule has 3 rings (SSSR count). The first-order valence-electron chi connectivity index (χ1n) is 11.2. The Morgan fingerprint density at radius 1 is 1.09 bits per heavy atom. The number of aryl methyl sites for hydroxylation is 2. The number of benzene rings is 2. The largest absolute Gasteiger partial charge is 0.344 e. The van der Waals surface area contributed by atoms with Gasteiger partial charge < -0.3 is 5.32 Å². The number of nitrogens with one attached hydrogen (secondary N) is 2. The third kappa shape index (κ3) is 4.97. The third-order valence-electron chi connectivity index (χ3n) is 6.00. The van der Waals surface area contributed by atoms with Gasteiger partial charge in [-0.1, -0.05) is 50.2 Å². The summed E-state index contributed by atoms with van der Waals surface area (Å²) in [5.41, 5.74) is 2.69. The van der Waals surface area contributed by atoms with E-state index in [1.54, 1.807) is 27.7 Å². The monoisotopic (exact) mass is 486 g/mol. The Kier molecular flexibility index (Phi) is 7.42. The average Bonchev–Trinajstić information content (AvgIpc) is 3.02. The number of urea groups is 1. The molecule has 10 heteroatoms. The second-order valence-corrected chi connectivity index (χ2v) is 10.3. The van der Waals surface area contributed by atoms with E-state index in [4.69, 9.17) is 0 Å². The fourth-order valence-corrected chi connectivity index (χ4v) is 5.59. The molecular weight excluding hydrogens is 456 g/mol. The van der Waals surface area contributed by atoms with Crippen molar-refractivity contribution in [3.63, 3.8) is 0 Å². The van der Waals surface area contributed by atoms with E-state index in [0.29, 0.717) is 36.5 Å². The Morgan fingerprint density at radius 3 is 2.35 bits per heavy atom. The van der Waals surface area contributed by atoms with Crippen LogP contribution >= 0.6 is 0 Å². The summed E-state index contributed by atoms with van der Waals surface area (Å²) in [4.78, 5) is 38.4. The molecule has 0 aromatic heterocycles. The van der Waals surface area contributed by atoms with E-state index in [1.807, 2.05) is 30.3 Å². The summed E-state index contributed by atoms with van der Waals surface area (Å²) in [7, 11) is -3.80. The highest BCUT2D eigenvalue weighted by molar-refractivity contribution is 7.89. The SMILES string of the molecule is CCN(CC)S(=O)(=O)c1cc(C(=O)NN2C(=O)NC(C)(CCc3ccccc3)C2=O)ccc1C. The van der Waals surface area contributed by atoms with Crippen molar-refractivity contribution in [2.24, 2.45) is 0 Å². The van der Waals surface area contributed by atoms with Gasteiger partial charge in [0.15, 0.2) is 0 Å². The van der Waals surface area contributed by atoms with Crippen molar-refractivity contribution >= 4 is 27.9 Å². The average molecular weight is 487 g/mol. The number of amides is 4.